The van der Waals surface area contributed by atoms with Crippen LogP contribution in [-0.2, 0) is 13.5 Å². The number of hydrogen-bond acceptors (Lipinski definition) is 3. The molecule has 0 aliphatic heterocycles. The highest BCUT2D eigenvalue weighted by molar-refractivity contribution is 5.81. The van der Waals surface area contributed by atoms with Crippen molar-refractivity contribution < 1.29 is 0 Å². The van der Waals surface area contributed by atoms with Gasteiger partial charge < -0.3 is 5.73 Å². The van der Waals surface area contributed by atoms with Crippen LogP contribution in [0.2, 0.25) is 0 Å². The molecular formula is C19H21N5. The molecule has 0 bridgehead atoms. The van der Waals surface area contributed by atoms with E-state index in [4.69, 9.17) is 5.73 Å². The molecule has 2 aromatic heterocycles. The maximum atomic E-state index is 5.66. The van der Waals surface area contributed by atoms with Crippen LogP contribution >= 0.6 is 0 Å². The van der Waals surface area contributed by atoms with Crippen LogP contribution < -0.4 is 5.73 Å². The Labute approximate surface area is 141 Å². The fourth-order valence-electron chi connectivity index (χ4n) is 2.67. The minimum absolute atomic E-state index is 0.570. The van der Waals surface area contributed by atoms with Gasteiger partial charge in [0.25, 0.3) is 0 Å². The van der Waals surface area contributed by atoms with Gasteiger partial charge >= 0.3 is 0 Å². The van der Waals surface area contributed by atoms with Gasteiger partial charge in [-0.15, -0.1) is 0 Å². The van der Waals surface area contributed by atoms with Crippen LogP contribution in [0.5, 0.6) is 0 Å². The number of hydrogen-bond donors (Lipinski definition) is 1. The summed E-state index contributed by atoms with van der Waals surface area (Å²) in [6.45, 7) is 3.85. The first-order valence-corrected chi connectivity index (χ1v) is 7.85. The van der Waals surface area contributed by atoms with Gasteiger partial charge in [-0.2, -0.15) is 5.10 Å². The summed E-state index contributed by atoms with van der Waals surface area (Å²) in [7, 11) is 1.91. The Bertz CT molecular complexity index is 888. The van der Waals surface area contributed by atoms with Crippen molar-refractivity contribution in [1.29, 1.82) is 0 Å². The highest BCUT2D eigenvalue weighted by atomic mass is 15.2. The van der Waals surface area contributed by atoms with E-state index >= 15 is 0 Å². The number of nitrogens with two attached hydrogens (primary N) is 1. The van der Waals surface area contributed by atoms with Crippen LogP contribution in [0.4, 0.5) is 5.69 Å². The minimum atomic E-state index is 0.570. The number of aliphatic imine (C=N–C) groups is 1. The zero-order valence-corrected chi connectivity index (χ0v) is 14.2. The molecule has 0 aliphatic rings. The van der Waals surface area contributed by atoms with Gasteiger partial charge in [-0.25, -0.2) is 4.99 Å². The number of aromatic nitrogens is 3. The molecule has 24 heavy (non-hydrogen) atoms. The third-order valence-corrected chi connectivity index (χ3v) is 3.79. The molecule has 3 aromatic rings. The van der Waals surface area contributed by atoms with Crippen LogP contribution in [0.1, 0.15) is 23.6 Å². The summed E-state index contributed by atoms with van der Waals surface area (Å²) in [6, 6.07) is 10.4. The van der Waals surface area contributed by atoms with Gasteiger partial charge in [0.15, 0.2) is 0 Å². The molecule has 0 fully saturated rings. The number of aryl methyl sites for hydroxylation is 2. The molecule has 0 amide bonds. The molecule has 0 radical (unpaired) electrons. The molecule has 1 aromatic carbocycles. The fraction of sp³-hybridized carbons (Fsp3) is 0.211. The molecule has 0 saturated carbocycles. The first-order valence-electron chi connectivity index (χ1n) is 7.85. The Hall–Kier alpha value is -2.95. The largest absolute Gasteiger partial charge is 0.387 e. The second-order valence-electron chi connectivity index (χ2n) is 6.00. The molecule has 0 spiro atoms. The summed E-state index contributed by atoms with van der Waals surface area (Å²) in [4.78, 5) is 8.78. The lowest BCUT2D eigenvalue weighted by atomic mass is 10.0. The van der Waals surface area contributed by atoms with Gasteiger partial charge in [-0.05, 0) is 55.2 Å². The molecule has 122 valence electrons. The van der Waals surface area contributed by atoms with Crippen molar-refractivity contribution in [2.24, 2.45) is 17.8 Å². The van der Waals surface area contributed by atoms with Crippen LogP contribution in [-0.4, -0.2) is 20.6 Å². The summed E-state index contributed by atoms with van der Waals surface area (Å²) in [6.07, 6.45) is 6.50. The smallest absolute Gasteiger partial charge is 0.0965 e. The second-order valence-corrected chi connectivity index (χ2v) is 6.00. The lowest BCUT2D eigenvalue weighted by Gasteiger charge is -2.07. The zero-order valence-electron chi connectivity index (χ0n) is 14.2. The van der Waals surface area contributed by atoms with E-state index in [0.29, 0.717) is 5.84 Å². The number of benzene rings is 1. The summed E-state index contributed by atoms with van der Waals surface area (Å²) in [5, 5.41) is 4.21. The van der Waals surface area contributed by atoms with Gasteiger partial charge in [0, 0.05) is 25.0 Å². The van der Waals surface area contributed by atoms with Gasteiger partial charge in [0.05, 0.1) is 23.4 Å². The summed E-state index contributed by atoms with van der Waals surface area (Å²) >= 11 is 0. The van der Waals surface area contributed by atoms with E-state index in [0.717, 1.165) is 28.9 Å². The van der Waals surface area contributed by atoms with Crippen molar-refractivity contribution >= 4 is 11.5 Å². The lowest BCUT2D eigenvalue weighted by molar-refractivity contribution is 0.768. The average molecular weight is 319 g/mol. The molecule has 0 saturated heterocycles. The van der Waals surface area contributed by atoms with Gasteiger partial charge in [-0.1, -0.05) is 12.1 Å². The molecule has 5 nitrogen and oxygen atoms in total. The van der Waals surface area contributed by atoms with E-state index < -0.39 is 0 Å². The third-order valence-electron chi connectivity index (χ3n) is 3.79. The topological polar surface area (TPSA) is 69.1 Å². The second kappa shape index (κ2) is 6.66. The number of nitrogens with zero attached hydrogens (tertiary/aromatic N) is 4. The summed E-state index contributed by atoms with van der Waals surface area (Å²) < 4.78 is 1.78. The van der Waals surface area contributed by atoms with Crippen molar-refractivity contribution in [3.8, 4) is 11.3 Å². The summed E-state index contributed by atoms with van der Waals surface area (Å²) in [5.41, 5.74) is 12.1. The highest BCUT2D eigenvalue weighted by Crippen LogP contribution is 2.23. The molecule has 0 aliphatic carbocycles. The van der Waals surface area contributed by atoms with Gasteiger partial charge in [0.2, 0.25) is 0 Å². The van der Waals surface area contributed by atoms with E-state index in [1.54, 1.807) is 11.6 Å². The van der Waals surface area contributed by atoms with E-state index in [9.17, 15) is 0 Å². The Morgan fingerprint density at radius 3 is 2.67 bits per heavy atom. The highest BCUT2D eigenvalue weighted by Gasteiger charge is 2.05. The van der Waals surface area contributed by atoms with Gasteiger partial charge in [0.1, 0.15) is 0 Å². The van der Waals surface area contributed by atoms with E-state index in [1.165, 1.54) is 11.1 Å². The SMILES string of the molecule is CC(N)=Nc1ccc(Cc2ccnc(-c3cnn(C)c3)c2)cc1C. The van der Waals surface area contributed by atoms with Crippen LogP contribution in [0.3, 0.4) is 0 Å². The first-order chi connectivity index (χ1) is 11.5. The van der Waals surface area contributed by atoms with Gasteiger partial charge in [-0.3, -0.25) is 9.67 Å². The average Bonchev–Trinajstić information content (AvgIpc) is 2.97. The number of rotatable bonds is 4. The minimum Gasteiger partial charge on any atom is -0.387 e. The fourth-order valence-corrected chi connectivity index (χ4v) is 2.67. The molecule has 3 rings (SSSR count). The number of amidine groups is 1. The Kier molecular flexibility index (Phi) is 4.42. The predicted molar refractivity (Wildman–Crippen MR) is 97.4 cm³/mol. The lowest BCUT2D eigenvalue weighted by Crippen LogP contribution is -2.04. The monoisotopic (exact) mass is 319 g/mol. The third kappa shape index (κ3) is 3.68. The van der Waals surface area contributed by atoms with Crippen molar-refractivity contribution in [3.05, 3.63) is 65.6 Å². The summed E-state index contributed by atoms with van der Waals surface area (Å²) in [5.74, 6) is 0.570. The maximum absolute atomic E-state index is 5.66. The molecule has 0 unspecified atom stereocenters. The quantitative estimate of drug-likeness (QED) is 0.592. The number of pyridine rings is 1. The Morgan fingerprint density at radius 1 is 1.21 bits per heavy atom. The molecule has 2 N–H and O–H groups in total. The normalized spacial score (nSPS) is 11.7. The van der Waals surface area contributed by atoms with E-state index in [-0.39, 0.29) is 0 Å². The molecular weight excluding hydrogens is 298 g/mol. The van der Waals surface area contributed by atoms with Crippen molar-refractivity contribution in [3.63, 3.8) is 0 Å². The maximum Gasteiger partial charge on any atom is 0.0965 e. The molecule has 0 atom stereocenters. The Morgan fingerprint density at radius 2 is 2.00 bits per heavy atom. The molecule has 2 heterocycles. The van der Waals surface area contributed by atoms with Crippen molar-refractivity contribution in [1.82, 2.24) is 14.8 Å². The van der Waals surface area contributed by atoms with Crippen LogP contribution in [0.25, 0.3) is 11.3 Å². The molecule has 5 heteroatoms. The van der Waals surface area contributed by atoms with Crippen LogP contribution in [0.15, 0.2) is 53.9 Å². The first kappa shape index (κ1) is 15.9. The zero-order chi connectivity index (χ0) is 17.1. The van der Waals surface area contributed by atoms with Crippen molar-refractivity contribution in [2.75, 3.05) is 0 Å². The van der Waals surface area contributed by atoms with E-state index in [1.807, 2.05) is 37.8 Å². The standard InChI is InChI=1S/C19H21N5/c1-13-8-15(4-5-18(13)23-14(2)20)9-16-6-7-21-19(10-16)17-11-22-24(3)12-17/h4-8,10-12H,9H2,1-3H3,(H2,20,23). The Balaban J connectivity index is 1.84. The van der Waals surface area contributed by atoms with Crippen molar-refractivity contribution in [2.45, 2.75) is 20.3 Å². The van der Waals surface area contributed by atoms with Crippen LogP contribution in [0, 0.1) is 6.92 Å². The predicted octanol–water partition coefficient (Wildman–Crippen LogP) is 3.39. The van der Waals surface area contributed by atoms with E-state index in [2.05, 4.69) is 40.2 Å².